The second kappa shape index (κ2) is 5.01. The zero-order valence-corrected chi connectivity index (χ0v) is 11.6. The predicted molar refractivity (Wildman–Crippen MR) is 68.0 cm³/mol. The molecule has 1 atom stereocenters. The van der Waals surface area contributed by atoms with Gasteiger partial charge in [0, 0.05) is 6.61 Å². The van der Waals surface area contributed by atoms with Crippen molar-refractivity contribution in [1.29, 1.82) is 0 Å². The lowest BCUT2D eigenvalue weighted by molar-refractivity contribution is -0.0696. The maximum absolute atomic E-state index is 6.33. The fourth-order valence-electron chi connectivity index (χ4n) is 3.68. The first-order valence-electron chi connectivity index (χ1n) is 6.89. The molecule has 2 aliphatic rings. The van der Waals surface area contributed by atoms with Crippen LogP contribution in [0, 0.1) is 5.92 Å². The van der Waals surface area contributed by atoms with Crippen LogP contribution in [0.25, 0.3) is 0 Å². The predicted octanol–water partition coefficient (Wildman–Crippen LogP) is 3.53. The van der Waals surface area contributed by atoms with E-state index in [1.54, 1.807) is 0 Å². The Kier molecular flexibility index (Phi) is 3.89. The van der Waals surface area contributed by atoms with E-state index in [2.05, 4.69) is 13.1 Å². The first kappa shape index (κ1) is 11.7. The molecule has 0 N–H and O–H groups in total. The molecular weight excluding hydrogens is 200 g/mol. The molecule has 1 nitrogen and oxygen atoms in total. The van der Waals surface area contributed by atoms with Crippen molar-refractivity contribution >= 4 is 8.80 Å². The van der Waals surface area contributed by atoms with Crippen molar-refractivity contribution in [3.8, 4) is 0 Å². The van der Waals surface area contributed by atoms with Gasteiger partial charge in [-0.05, 0) is 38.0 Å². The van der Waals surface area contributed by atoms with E-state index in [9.17, 15) is 0 Å². The molecular formula is C13H26OSi. The molecule has 1 heterocycles. The number of hydrogen-bond acceptors (Lipinski definition) is 1. The Balaban J connectivity index is 2.09. The molecule has 0 spiro atoms. The number of hydrogen-bond donors (Lipinski definition) is 0. The molecule has 1 unspecified atom stereocenters. The molecule has 1 saturated carbocycles. The normalized spacial score (nSPS) is 34.6. The lowest BCUT2D eigenvalue weighted by Gasteiger charge is -2.47. The third-order valence-corrected chi connectivity index (χ3v) is 7.49. The van der Waals surface area contributed by atoms with E-state index >= 15 is 0 Å². The zero-order chi connectivity index (χ0) is 10.7. The molecule has 15 heavy (non-hydrogen) atoms. The zero-order valence-electron chi connectivity index (χ0n) is 10.4. The molecule has 0 bridgehead atoms. The summed E-state index contributed by atoms with van der Waals surface area (Å²) in [5.41, 5.74) is 0. The Hall–Kier alpha value is 0.177. The highest BCUT2D eigenvalue weighted by Gasteiger charge is 2.44. The molecule has 0 aromatic rings. The summed E-state index contributed by atoms with van der Waals surface area (Å²) in [5.74, 6) is 0.915. The second-order valence-corrected chi connectivity index (χ2v) is 9.04. The second-order valence-electron chi connectivity index (χ2n) is 5.75. The highest BCUT2D eigenvalue weighted by atomic mass is 28.3. The van der Waals surface area contributed by atoms with E-state index < -0.39 is 8.80 Å². The largest absolute Gasteiger partial charge is 0.379 e. The fourth-order valence-corrected chi connectivity index (χ4v) is 6.19. The van der Waals surface area contributed by atoms with Crippen molar-refractivity contribution in [1.82, 2.24) is 0 Å². The van der Waals surface area contributed by atoms with Gasteiger partial charge in [-0.3, -0.25) is 0 Å². The summed E-state index contributed by atoms with van der Waals surface area (Å²) in [6.07, 6.45) is 11.4. The molecule has 88 valence electrons. The quantitative estimate of drug-likeness (QED) is 0.655. The monoisotopic (exact) mass is 226 g/mol. The molecule has 0 amide bonds. The minimum atomic E-state index is -0.683. The maximum Gasteiger partial charge on any atom is 0.0698 e. The van der Waals surface area contributed by atoms with Gasteiger partial charge in [-0.2, -0.15) is 0 Å². The summed E-state index contributed by atoms with van der Waals surface area (Å²) in [5, 5.41) is 0.388. The van der Waals surface area contributed by atoms with Gasteiger partial charge in [0.05, 0.1) is 14.0 Å². The van der Waals surface area contributed by atoms with Crippen molar-refractivity contribution in [2.24, 2.45) is 5.92 Å². The highest BCUT2D eigenvalue weighted by Crippen LogP contribution is 2.42. The van der Waals surface area contributed by atoms with Crippen molar-refractivity contribution in [3.05, 3.63) is 0 Å². The van der Waals surface area contributed by atoms with E-state index in [0.717, 1.165) is 12.5 Å². The van der Waals surface area contributed by atoms with Crippen LogP contribution in [-0.4, -0.2) is 20.6 Å². The summed E-state index contributed by atoms with van der Waals surface area (Å²) < 4.78 is 6.33. The first-order valence-corrected chi connectivity index (χ1v) is 9.78. The molecule has 1 aliphatic carbocycles. The van der Waals surface area contributed by atoms with E-state index in [1.165, 1.54) is 51.4 Å². The van der Waals surface area contributed by atoms with Gasteiger partial charge in [-0.15, -0.1) is 0 Å². The minimum Gasteiger partial charge on any atom is -0.379 e. The van der Waals surface area contributed by atoms with Crippen LogP contribution in [0.4, 0.5) is 0 Å². The van der Waals surface area contributed by atoms with Gasteiger partial charge in [0.25, 0.3) is 0 Å². The Labute approximate surface area is 96.2 Å². The molecule has 2 fully saturated rings. The lowest BCUT2D eigenvalue weighted by atomic mass is 9.82. The molecule has 1 saturated heterocycles. The van der Waals surface area contributed by atoms with Gasteiger partial charge < -0.3 is 4.74 Å². The SMILES string of the molecule is C[SiH](C)C1(C2CCCCC2)CCCCO1. The van der Waals surface area contributed by atoms with E-state index in [1.807, 2.05) is 0 Å². The van der Waals surface area contributed by atoms with Gasteiger partial charge >= 0.3 is 0 Å². The number of rotatable bonds is 2. The molecule has 1 aliphatic heterocycles. The van der Waals surface area contributed by atoms with Crippen LogP contribution in [0.3, 0.4) is 0 Å². The lowest BCUT2D eigenvalue weighted by Crippen LogP contribution is -2.53. The van der Waals surface area contributed by atoms with Crippen LogP contribution in [0.5, 0.6) is 0 Å². The summed E-state index contributed by atoms with van der Waals surface area (Å²) in [6, 6.07) is 0. The van der Waals surface area contributed by atoms with Gasteiger partial charge in [-0.25, -0.2) is 0 Å². The first-order chi connectivity index (χ1) is 7.26. The number of ether oxygens (including phenoxy) is 1. The van der Waals surface area contributed by atoms with Crippen LogP contribution >= 0.6 is 0 Å². The van der Waals surface area contributed by atoms with Crippen molar-refractivity contribution in [3.63, 3.8) is 0 Å². The van der Waals surface area contributed by atoms with Crippen LogP contribution < -0.4 is 0 Å². The van der Waals surface area contributed by atoms with Crippen LogP contribution in [0.2, 0.25) is 13.1 Å². The van der Waals surface area contributed by atoms with E-state index in [-0.39, 0.29) is 0 Å². The molecule has 0 aromatic carbocycles. The fraction of sp³-hybridized carbons (Fsp3) is 1.00. The van der Waals surface area contributed by atoms with E-state index in [0.29, 0.717) is 5.22 Å². The molecule has 0 radical (unpaired) electrons. The standard InChI is InChI=1S/C13H26OSi/c1-15(2)13(10-6-7-11-14-13)12-8-4-3-5-9-12/h12,15H,3-11H2,1-2H3. The van der Waals surface area contributed by atoms with Crippen LogP contribution in [0.15, 0.2) is 0 Å². The third kappa shape index (κ3) is 2.31. The van der Waals surface area contributed by atoms with Crippen molar-refractivity contribution < 1.29 is 4.74 Å². The Morgan fingerprint density at radius 2 is 1.73 bits per heavy atom. The minimum absolute atomic E-state index is 0.388. The van der Waals surface area contributed by atoms with Gasteiger partial charge in [0.2, 0.25) is 0 Å². The van der Waals surface area contributed by atoms with Gasteiger partial charge in [-0.1, -0.05) is 32.4 Å². The van der Waals surface area contributed by atoms with E-state index in [4.69, 9.17) is 4.74 Å². The maximum atomic E-state index is 6.33. The van der Waals surface area contributed by atoms with Crippen LogP contribution in [-0.2, 0) is 4.74 Å². The average Bonchev–Trinajstić information content (AvgIpc) is 2.31. The highest BCUT2D eigenvalue weighted by molar-refractivity contribution is 6.59. The molecule has 2 heteroatoms. The topological polar surface area (TPSA) is 9.23 Å². The summed E-state index contributed by atoms with van der Waals surface area (Å²) >= 11 is 0. The molecule has 2 rings (SSSR count). The van der Waals surface area contributed by atoms with Gasteiger partial charge in [0.15, 0.2) is 0 Å². The van der Waals surface area contributed by atoms with Crippen molar-refractivity contribution in [2.75, 3.05) is 6.61 Å². The Bertz CT molecular complexity index is 191. The average molecular weight is 226 g/mol. The smallest absolute Gasteiger partial charge is 0.0698 e. The Morgan fingerprint density at radius 3 is 2.27 bits per heavy atom. The third-order valence-electron chi connectivity index (χ3n) is 4.61. The summed E-state index contributed by atoms with van der Waals surface area (Å²) in [7, 11) is -0.683. The summed E-state index contributed by atoms with van der Waals surface area (Å²) in [6.45, 7) is 6.04. The van der Waals surface area contributed by atoms with Crippen molar-refractivity contribution in [2.45, 2.75) is 69.7 Å². The summed E-state index contributed by atoms with van der Waals surface area (Å²) in [4.78, 5) is 0. The van der Waals surface area contributed by atoms with Gasteiger partial charge in [0.1, 0.15) is 0 Å². The van der Waals surface area contributed by atoms with Crippen LogP contribution in [0.1, 0.15) is 51.4 Å². The Morgan fingerprint density at radius 1 is 1.00 bits per heavy atom. The molecule has 0 aromatic heterocycles.